The van der Waals surface area contributed by atoms with Gasteiger partial charge in [0.15, 0.2) is 0 Å². The summed E-state index contributed by atoms with van der Waals surface area (Å²) in [4.78, 5) is 0. The fourth-order valence-electron chi connectivity index (χ4n) is 2.25. The summed E-state index contributed by atoms with van der Waals surface area (Å²) in [5, 5.41) is 3.15. The Morgan fingerprint density at radius 3 is 2.33 bits per heavy atom. The summed E-state index contributed by atoms with van der Waals surface area (Å²) in [5.74, 6) is 0. The molecule has 2 aromatic carbocycles. The van der Waals surface area contributed by atoms with Crippen LogP contribution in [0.5, 0.6) is 0 Å². The van der Waals surface area contributed by atoms with Gasteiger partial charge in [-0.1, -0.05) is 24.3 Å². The predicted octanol–water partition coefficient (Wildman–Crippen LogP) is 4.77. The van der Waals surface area contributed by atoms with Gasteiger partial charge in [-0.05, 0) is 43.2 Å². The van der Waals surface area contributed by atoms with Gasteiger partial charge in [-0.3, -0.25) is 0 Å². The SMILES string of the molecule is Cc1ccccc1C(C)Nc1ccc(C(F)(F)F)cc1N. The molecule has 0 amide bonds. The number of halogens is 3. The van der Waals surface area contributed by atoms with E-state index in [1.54, 1.807) is 0 Å². The number of benzene rings is 2. The van der Waals surface area contributed by atoms with E-state index in [2.05, 4.69) is 5.32 Å². The van der Waals surface area contributed by atoms with Crippen molar-refractivity contribution in [2.45, 2.75) is 26.1 Å². The minimum atomic E-state index is -4.38. The normalized spacial score (nSPS) is 13.0. The first-order valence-corrected chi connectivity index (χ1v) is 6.58. The van der Waals surface area contributed by atoms with Gasteiger partial charge in [0.1, 0.15) is 0 Å². The minimum absolute atomic E-state index is 0.0507. The van der Waals surface area contributed by atoms with E-state index in [4.69, 9.17) is 5.73 Å². The number of rotatable bonds is 3. The first-order chi connectivity index (χ1) is 9.79. The number of nitrogens with one attached hydrogen (secondary N) is 1. The third-order valence-electron chi connectivity index (χ3n) is 3.41. The zero-order chi connectivity index (χ0) is 15.6. The van der Waals surface area contributed by atoms with Crippen LogP contribution in [0.2, 0.25) is 0 Å². The van der Waals surface area contributed by atoms with Crippen LogP contribution >= 0.6 is 0 Å². The van der Waals surface area contributed by atoms with Crippen molar-refractivity contribution >= 4 is 11.4 Å². The highest BCUT2D eigenvalue weighted by Crippen LogP contribution is 2.34. The maximum absolute atomic E-state index is 12.6. The molecule has 0 spiro atoms. The van der Waals surface area contributed by atoms with Crippen molar-refractivity contribution in [1.82, 2.24) is 0 Å². The van der Waals surface area contributed by atoms with E-state index in [0.29, 0.717) is 5.69 Å². The Bertz CT molecular complexity index is 636. The molecule has 0 bridgehead atoms. The molecule has 0 saturated heterocycles. The molecule has 2 rings (SSSR count). The van der Waals surface area contributed by atoms with Crippen molar-refractivity contribution in [1.29, 1.82) is 0 Å². The van der Waals surface area contributed by atoms with Crippen molar-refractivity contribution in [3.63, 3.8) is 0 Å². The number of nitrogen functional groups attached to an aromatic ring is 1. The molecule has 1 atom stereocenters. The summed E-state index contributed by atoms with van der Waals surface area (Å²) in [6.45, 7) is 3.93. The molecule has 0 aliphatic heterocycles. The third-order valence-corrected chi connectivity index (χ3v) is 3.41. The lowest BCUT2D eigenvalue weighted by molar-refractivity contribution is -0.137. The van der Waals surface area contributed by atoms with Crippen LogP contribution in [-0.4, -0.2) is 0 Å². The van der Waals surface area contributed by atoms with Crippen molar-refractivity contribution in [2.24, 2.45) is 0 Å². The molecule has 0 radical (unpaired) electrons. The van der Waals surface area contributed by atoms with Crippen molar-refractivity contribution in [3.05, 3.63) is 59.2 Å². The van der Waals surface area contributed by atoms with Crippen LogP contribution in [0.1, 0.15) is 29.7 Å². The average Bonchev–Trinajstić information content (AvgIpc) is 2.40. The van der Waals surface area contributed by atoms with Crippen LogP contribution < -0.4 is 11.1 Å². The predicted molar refractivity (Wildman–Crippen MR) is 79.1 cm³/mol. The number of aryl methyl sites for hydroxylation is 1. The van der Waals surface area contributed by atoms with Crippen LogP contribution in [0, 0.1) is 6.92 Å². The lowest BCUT2D eigenvalue weighted by atomic mass is 10.0. The van der Waals surface area contributed by atoms with Crippen LogP contribution in [-0.2, 0) is 6.18 Å². The van der Waals surface area contributed by atoms with Crippen LogP contribution in [0.15, 0.2) is 42.5 Å². The van der Waals surface area contributed by atoms with E-state index < -0.39 is 11.7 Å². The first-order valence-electron chi connectivity index (χ1n) is 6.58. The molecule has 5 heteroatoms. The van der Waals surface area contributed by atoms with E-state index in [0.717, 1.165) is 23.3 Å². The second-order valence-corrected chi connectivity index (χ2v) is 5.02. The largest absolute Gasteiger partial charge is 0.416 e. The maximum Gasteiger partial charge on any atom is 0.416 e. The molecule has 2 aromatic rings. The molecule has 0 aromatic heterocycles. The summed E-state index contributed by atoms with van der Waals surface area (Å²) >= 11 is 0. The second-order valence-electron chi connectivity index (χ2n) is 5.02. The Morgan fingerprint density at radius 2 is 1.76 bits per heavy atom. The smallest absolute Gasteiger partial charge is 0.397 e. The quantitative estimate of drug-likeness (QED) is 0.800. The molecule has 0 saturated carbocycles. The molecule has 0 heterocycles. The van der Waals surface area contributed by atoms with E-state index in [1.807, 2.05) is 38.1 Å². The van der Waals surface area contributed by atoms with Gasteiger partial charge in [-0.2, -0.15) is 13.2 Å². The molecule has 3 N–H and O–H groups in total. The molecule has 2 nitrogen and oxygen atoms in total. The van der Waals surface area contributed by atoms with Gasteiger partial charge < -0.3 is 11.1 Å². The fraction of sp³-hybridized carbons (Fsp3) is 0.250. The second kappa shape index (κ2) is 5.68. The summed E-state index contributed by atoms with van der Waals surface area (Å²) in [6.07, 6.45) is -4.38. The third kappa shape index (κ3) is 3.48. The molecule has 0 aliphatic carbocycles. The summed E-state index contributed by atoms with van der Waals surface area (Å²) in [6, 6.07) is 11.1. The number of anilines is 2. The standard InChI is InChI=1S/C16H17F3N2/c1-10-5-3-4-6-13(10)11(2)21-15-8-7-12(9-14(15)20)16(17,18)19/h3-9,11,21H,20H2,1-2H3. The molecular weight excluding hydrogens is 277 g/mol. The minimum Gasteiger partial charge on any atom is -0.397 e. The number of hydrogen-bond acceptors (Lipinski definition) is 2. The van der Waals surface area contributed by atoms with E-state index in [1.165, 1.54) is 6.07 Å². The van der Waals surface area contributed by atoms with Crippen molar-refractivity contribution < 1.29 is 13.2 Å². The highest BCUT2D eigenvalue weighted by Gasteiger charge is 2.30. The van der Waals surface area contributed by atoms with Crippen LogP contribution in [0.4, 0.5) is 24.5 Å². The van der Waals surface area contributed by atoms with Gasteiger partial charge in [0, 0.05) is 6.04 Å². The molecule has 1 unspecified atom stereocenters. The van der Waals surface area contributed by atoms with E-state index >= 15 is 0 Å². The average molecular weight is 294 g/mol. The Kier molecular flexibility index (Phi) is 4.11. The molecule has 0 aliphatic rings. The summed E-state index contributed by atoms with van der Waals surface area (Å²) in [5.41, 5.74) is 7.76. The number of alkyl halides is 3. The van der Waals surface area contributed by atoms with Crippen LogP contribution in [0.25, 0.3) is 0 Å². The molecular formula is C16H17F3N2. The van der Waals surface area contributed by atoms with E-state index in [9.17, 15) is 13.2 Å². The topological polar surface area (TPSA) is 38.0 Å². The zero-order valence-electron chi connectivity index (χ0n) is 11.8. The lowest BCUT2D eigenvalue weighted by Crippen LogP contribution is -2.11. The highest BCUT2D eigenvalue weighted by molar-refractivity contribution is 5.68. The van der Waals surface area contributed by atoms with Gasteiger partial charge in [0.2, 0.25) is 0 Å². The zero-order valence-corrected chi connectivity index (χ0v) is 11.8. The lowest BCUT2D eigenvalue weighted by Gasteiger charge is -2.19. The molecule has 21 heavy (non-hydrogen) atoms. The van der Waals surface area contributed by atoms with Gasteiger partial charge in [-0.15, -0.1) is 0 Å². The Morgan fingerprint density at radius 1 is 1.10 bits per heavy atom. The van der Waals surface area contributed by atoms with Gasteiger partial charge in [-0.25, -0.2) is 0 Å². The van der Waals surface area contributed by atoms with Gasteiger partial charge >= 0.3 is 6.18 Å². The Balaban J connectivity index is 2.23. The Hall–Kier alpha value is -2.17. The van der Waals surface area contributed by atoms with Gasteiger partial charge in [0.25, 0.3) is 0 Å². The highest BCUT2D eigenvalue weighted by atomic mass is 19.4. The van der Waals surface area contributed by atoms with Crippen LogP contribution in [0.3, 0.4) is 0 Å². The number of nitrogens with two attached hydrogens (primary N) is 1. The summed E-state index contributed by atoms with van der Waals surface area (Å²) < 4.78 is 37.8. The first kappa shape index (κ1) is 15.2. The van der Waals surface area contributed by atoms with Crippen molar-refractivity contribution in [3.8, 4) is 0 Å². The van der Waals surface area contributed by atoms with E-state index in [-0.39, 0.29) is 11.7 Å². The molecule has 112 valence electrons. The summed E-state index contributed by atoms with van der Waals surface area (Å²) in [7, 11) is 0. The Labute approximate surface area is 121 Å². The molecule has 0 fully saturated rings. The van der Waals surface area contributed by atoms with Crippen molar-refractivity contribution in [2.75, 3.05) is 11.1 Å². The number of hydrogen-bond donors (Lipinski definition) is 2. The fourth-order valence-corrected chi connectivity index (χ4v) is 2.25. The monoisotopic (exact) mass is 294 g/mol. The maximum atomic E-state index is 12.6. The van der Waals surface area contributed by atoms with Gasteiger partial charge in [0.05, 0.1) is 16.9 Å².